The standard InChI is InChI=1S/C17H24N2O4/c1-10-11(5-6-14-13(10)8-15(21)19-14)7-12(9-20)18-16(22)23-17(2,3)4/h5-6,12,20H,7-9H2,1-4H3,(H,18,22)(H,19,21)/t12-/m0/s1. The van der Waals surface area contributed by atoms with Crippen LogP contribution in [-0.2, 0) is 22.4 Å². The summed E-state index contributed by atoms with van der Waals surface area (Å²) in [5.41, 5.74) is 3.26. The van der Waals surface area contributed by atoms with Gasteiger partial charge in [0.15, 0.2) is 0 Å². The minimum atomic E-state index is -0.584. The Kier molecular flexibility index (Phi) is 4.94. The summed E-state index contributed by atoms with van der Waals surface area (Å²) in [6.07, 6.45) is 0.300. The van der Waals surface area contributed by atoms with Crippen molar-refractivity contribution in [2.24, 2.45) is 0 Å². The molecule has 1 atom stereocenters. The van der Waals surface area contributed by atoms with Gasteiger partial charge in [-0.05, 0) is 56.9 Å². The summed E-state index contributed by atoms with van der Waals surface area (Å²) in [4.78, 5) is 23.3. The third-order valence-electron chi connectivity index (χ3n) is 3.73. The van der Waals surface area contributed by atoms with Crippen LogP contribution in [0, 0.1) is 6.92 Å². The molecule has 126 valence electrons. The first-order valence-electron chi connectivity index (χ1n) is 7.71. The maximum atomic E-state index is 11.8. The van der Waals surface area contributed by atoms with Crippen LogP contribution >= 0.6 is 0 Å². The molecule has 0 unspecified atom stereocenters. The predicted octanol–water partition coefficient (Wildman–Crippen LogP) is 1.92. The predicted molar refractivity (Wildman–Crippen MR) is 87.5 cm³/mol. The van der Waals surface area contributed by atoms with Crippen LogP contribution in [0.2, 0.25) is 0 Å². The zero-order valence-electron chi connectivity index (χ0n) is 14.0. The Bertz CT molecular complexity index is 620. The summed E-state index contributed by atoms with van der Waals surface area (Å²) in [6, 6.07) is 3.34. The molecule has 0 spiro atoms. The van der Waals surface area contributed by atoms with E-state index in [0.29, 0.717) is 12.8 Å². The van der Waals surface area contributed by atoms with Gasteiger partial charge in [0, 0.05) is 5.69 Å². The van der Waals surface area contributed by atoms with Crippen molar-refractivity contribution in [1.29, 1.82) is 0 Å². The molecule has 0 saturated heterocycles. The Morgan fingerprint density at radius 3 is 2.74 bits per heavy atom. The fraction of sp³-hybridized carbons (Fsp3) is 0.529. The molecule has 2 rings (SSSR count). The van der Waals surface area contributed by atoms with Crippen LogP contribution in [0.5, 0.6) is 0 Å². The number of anilines is 1. The minimum Gasteiger partial charge on any atom is -0.444 e. The number of carbonyl (C=O) groups is 2. The zero-order chi connectivity index (χ0) is 17.2. The lowest BCUT2D eigenvalue weighted by molar-refractivity contribution is -0.115. The van der Waals surface area contributed by atoms with E-state index in [2.05, 4.69) is 10.6 Å². The summed E-state index contributed by atoms with van der Waals surface area (Å²) < 4.78 is 5.21. The van der Waals surface area contributed by atoms with Crippen LogP contribution in [0.3, 0.4) is 0 Å². The van der Waals surface area contributed by atoms with Crippen molar-refractivity contribution in [2.45, 2.75) is 52.2 Å². The molecule has 0 fully saturated rings. The molecule has 2 amide bonds. The number of aliphatic hydroxyl groups excluding tert-OH is 1. The number of amides is 2. The molecule has 1 aliphatic rings. The molecule has 3 N–H and O–H groups in total. The van der Waals surface area contributed by atoms with E-state index in [-0.39, 0.29) is 12.5 Å². The molecule has 6 heteroatoms. The van der Waals surface area contributed by atoms with Gasteiger partial charge in [-0.3, -0.25) is 4.79 Å². The fourth-order valence-electron chi connectivity index (χ4n) is 2.63. The van der Waals surface area contributed by atoms with Gasteiger partial charge in [0.2, 0.25) is 5.91 Å². The van der Waals surface area contributed by atoms with Crippen molar-refractivity contribution in [1.82, 2.24) is 5.32 Å². The highest BCUT2D eigenvalue weighted by molar-refractivity contribution is 5.99. The van der Waals surface area contributed by atoms with Gasteiger partial charge < -0.3 is 20.5 Å². The van der Waals surface area contributed by atoms with Crippen molar-refractivity contribution >= 4 is 17.7 Å². The second-order valence-electron chi connectivity index (χ2n) is 6.83. The number of ether oxygens (including phenoxy) is 1. The van der Waals surface area contributed by atoms with Gasteiger partial charge in [-0.1, -0.05) is 6.07 Å². The quantitative estimate of drug-likeness (QED) is 0.791. The Morgan fingerprint density at radius 1 is 1.43 bits per heavy atom. The van der Waals surface area contributed by atoms with E-state index in [1.54, 1.807) is 20.8 Å². The molecule has 0 radical (unpaired) electrons. The Morgan fingerprint density at radius 2 is 2.13 bits per heavy atom. The highest BCUT2D eigenvalue weighted by Crippen LogP contribution is 2.29. The van der Waals surface area contributed by atoms with Crippen molar-refractivity contribution in [3.63, 3.8) is 0 Å². The Hall–Kier alpha value is -2.08. The smallest absolute Gasteiger partial charge is 0.407 e. The first-order chi connectivity index (χ1) is 10.7. The van der Waals surface area contributed by atoms with Crippen LogP contribution in [0.1, 0.15) is 37.5 Å². The summed E-state index contributed by atoms with van der Waals surface area (Å²) in [5.74, 6) is -0.00848. The normalized spacial score (nSPS) is 14.9. The van der Waals surface area contributed by atoms with Gasteiger partial charge in [-0.25, -0.2) is 4.79 Å². The van der Waals surface area contributed by atoms with Crippen LogP contribution in [0.15, 0.2) is 12.1 Å². The van der Waals surface area contributed by atoms with E-state index in [1.165, 1.54) is 0 Å². The second-order valence-corrected chi connectivity index (χ2v) is 6.83. The molecule has 1 aromatic carbocycles. The van der Waals surface area contributed by atoms with Crippen molar-refractivity contribution in [3.05, 3.63) is 28.8 Å². The van der Waals surface area contributed by atoms with Gasteiger partial charge in [0.25, 0.3) is 0 Å². The number of hydrogen-bond acceptors (Lipinski definition) is 4. The SMILES string of the molecule is Cc1c(C[C@@H](CO)NC(=O)OC(C)(C)C)ccc2c1CC(=O)N2. The van der Waals surface area contributed by atoms with E-state index in [1.807, 2.05) is 19.1 Å². The summed E-state index contributed by atoms with van der Waals surface area (Å²) in [6.45, 7) is 7.13. The van der Waals surface area contributed by atoms with E-state index in [9.17, 15) is 14.7 Å². The molecule has 1 aromatic rings. The number of alkyl carbamates (subject to hydrolysis) is 1. The molecule has 1 heterocycles. The van der Waals surface area contributed by atoms with Crippen LogP contribution in [0.25, 0.3) is 0 Å². The van der Waals surface area contributed by atoms with Gasteiger partial charge in [-0.2, -0.15) is 0 Å². The van der Waals surface area contributed by atoms with Crippen molar-refractivity contribution < 1.29 is 19.4 Å². The molecule has 23 heavy (non-hydrogen) atoms. The molecule has 1 aliphatic heterocycles. The number of rotatable bonds is 4. The van der Waals surface area contributed by atoms with E-state index in [0.717, 1.165) is 22.4 Å². The van der Waals surface area contributed by atoms with E-state index in [4.69, 9.17) is 4.74 Å². The molecular formula is C17H24N2O4. The third-order valence-corrected chi connectivity index (χ3v) is 3.73. The fourth-order valence-corrected chi connectivity index (χ4v) is 2.63. The summed E-state index contributed by atoms with van der Waals surface area (Å²) >= 11 is 0. The van der Waals surface area contributed by atoms with E-state index < -0.39 is 17.7 Å². The third kappa shape index (κ3) is 4.45. The summed E-state index contributed by atoms with van der Waals surface area (Å²) in [7, 11) is 0. The first-order valence-corrected chi connectivity index (χ1v) is 7.71. The van der Waals surface area contributed by atoms with E-state index >= 15 is 0 Å². The second kappa shape index (κ2) is 6.58. The largest absolute Gasteiger partial charge is 0.444 e. The van der Waals surface area contributed by atoms with Gasteiger partial charge in [0.1, 0.15) is 5.60 Å². The van der Waals surface area contributed by atoms with Crippen LogP contribution in [-0.4, -0.2) is 35.4 Å². The average Bonchev–Trinajstić information content (AvgIpc) is 2.80. The monoisotopic (exact) mass is 320 g/mol. The van der Waals surface area contributed by atoms with Crippen LogP contribution in [0.4, 0.5) is 10.5 Å². The Balaban J connectivity index is 2.07. The topological polar surface area (TPSA) is 87.7 Å². The number of fused-ring (bicyclic) bond motifs is 1. The lowest BCUT2D eigenvalue weighted by atomic mass is 9.95. The lowest BCUT2D eigenvalue weighted by Crippen LogP contribution is -2.42. The van der Waals surface area contributed by atoms with Gasteiger partial charge in [-0.15, -0.1) is 0 Å². The minimum absolute atomic E-state index is 0.00848. The number of carbonyl (C=O) groups excluding carboxylic acids is 2. The molecule has 0 saturated carbocycles. The molecule has 6 nitrogen and oxygen atoms in total. The van der Waals surface area contributed by atoms with Crippen LogP contribution < -0.4 is 10.6 Å². The lowest BCUT2D eigenvalue weighted by Gasteiger charge is -2.23. The molecular weight excluding hydrogens is 296 g/mol. The Labute approximate surface area is 136 Å². The number of hydrogen-bond donors (Lipinski definition) is 3. The molecule has 0 aromatic heterocycles. The number of nitrogens with one attached hydrogen (secondary N) is 2. The number of benzene rings is 1. The first kappa shape index (κ1) is 17.3. The maximum absolute atomic E-state index is 11.8. The maximum Gasteiger partial charge on any atom is 0.407 e. The molecule has 0 bridgehead atoms. The van der Waals surface area contributed by atoms with Gasteiger partial charge in [0.05, 0.1) is 19.1 Å². The van der Waals surface area contributed by atoms with Crippen molar-refractivity contribution in [2.75, 3.05) is 11.9 Å². The number of aliphatic hydroxyl groups is 1. The molecule has 0 aliphatic carbocycles. The average molecular weight is 320 g/mol. The highest BCUT2D eigenvalue weighted by Gasteiger charge is 2.23. The highest BCUT2D eigenvalue weighted by atomic mass is 16.6. The van der Waals surface area contributed by atoms with Crippen molar-refractivity contribution in [3.8, 4) is 0 Å². The zero-order valence-corrected chi connectivity index (χ0v) is 14.0. The van der Waals surface area contributed by atoms with Gasteiger partial charge >= 0.3 is 6.09 Å². The summed E-state index contributed by atoms with van der Waals surface area (Å²) in [5, 5.41) is 15.0.